The largest absolute Gasteiger partial charge is 0.508 e. The van der Waals surface area contributed by atoms with E-state index in [4.69, 9.17) is 18.9 Å². The molecule has 1 aliphatic rings. The molecule has 1 N–H and O–H groups in total. The Morgan fingerprint density at radius 3 is 2.64 bits per heavy atom. The number of aromatic hydroxyl groups is 1. The van der Waals surface area contributed by atoms with Crippen molar-refractivity contribution < 1.29 is 24.1 Å². The Balaban J connectivity index is 2.31. The van der Waals surface area contributed by atoms with Gasteiger partial charge >= 0.3 is 0 Å². The van der Waals surface area contributed by atoms with Gasteiger partial charge in [-0.05, 0) is 31.9 Å². The summed E-state index contributed by atoms with van der Waals surface area (Å²) in [5, 5.41) is 10.3. The van der Waals surface area contributed by atoms with Gasteiger partial charge in [0.1, 0.15) is 11.9 Å². The topological polar surface area (TPSA) is 57.2 Å². The maximum absolute atomic E-state index is 10.3. The Kier molecular flexibility index (Phi) is 8.45. The molecule has 0 aromatic heterocycles. The highest BCUT2D eigenvalue weighted by atomic mass is 16.8. The molecule has 1 aromatic rings. The number of allylic oxidation sites excluding steroid dienone is 5. The Hall–Kier alpha value is -1.92. The highest BCUT2D eigenvalue weighted by Crippen LogP contribution is 2.39. The number of aryl methyl sites for hydroxylation is 1. The van der Waals surface area contributed by atoms with Crippen LogP contribution in [0.2, 0.25) is 0 Å². The quantitative estimate of drug-likeness (QED) is 0.624. The lowest BCUT2D eigenvalue weighted by molar-refractivity contribution is -0.271. The van der Waals surface area contributed by atoms with Crippen molar-refractivity contribution in [2.75, 3.05) is 14.2 Å². The molecule has 3 atom stereocenters. The van der Waals surface area contributed by atoms with Crippen LogP contribution < -0.4 is 0 Å². The third-order valence-electron chi connectivity index (χ3n) is 4.88. The number of hydrogen-bond acceptors (Lipinski definition) is 5. The van der Waals surface area contributed by atoms with E-state index in [1.54, 1.807) is 20.3 Å². The molecule has 0 spiro atoms. The van der Waals surface area contributed by atoms with Gasteiger partial charge in [-0.1, -0.05) is 55.9 Å². The lowest BCUT2D eigenvalue weighted by Gasteiger charge is -2.28. The Bertz CT molecular complexity index is 722. The lowest BCUT2D eigenvalue weighted by atomic mass is 10.0. The summed E-state index contributed by atoms with van der Waals surface area (Å²) in [5.41, 5.74) is 2.72. The molecule has 1 fully saturated rings. The molecule has 0 bridgehead atoms. The molecule has 1 heterocycles. The molecule has 5 heteroatoms. The number of methoxy groups -OCH3 is 2. The number of ether oxygens (including phenoxy) is 4. The average molecular weight is 389 g/mol. The zero-order valence-corrected chi connectivity index (χ0v) is 17.5. The minimum Gasteiger partial charge on any atom is -0.508 e. The second-order valence-corrected chi connectivity index (χ2v) is 6.84. The first kappa shape index (κ1) is 22.4. The summed E-state index contributed by atoms with van der Waals surface area (Å²) in [6.45, 7) is 6.16. The van der Waals surface area contributed by atoms with Gasteiger partial charge in [0.2, 0.25) is 0 Å². The molecule has 5 nitrogen and oxygen atoms in total. The number of hydrogen-bond donors (Lipinski definition) is 1. The molecule has 2 rings (SSSR count). The number of phenols is 1. The lowest BCUT2D eigenvalue weighted by Crippen LogP contribution is -2.40. The van der Waals surface area contributed by atoms with E-state index in [0.717, 1.165) is 29.5 Å². The molecule has 0 amide bonds. The molecule has 154 valence electrons. The zero-order valence-electron chi connectivity index (χ0n) is 17.5. The smallest absolute Gasteiger partial charge is 0.198 e. The second-order valence-electron chi connectivity index (χ2n) is 6.84. The molecular formula is C23H32O5. The minimum absolute atomic E-state index is 0.241. The summed E-state index contributed by atoms with van der Waals surface area (Å²) < 4.78 is 23.4. The van der Waals surface area contributed by atoms with E-state index >= 15 is 0 Å². The predicted molar refractivity (Wildman–Crippen MR) is 110 cm³/mol. The van der Waals surface area contributed by atoms with Crippen LogP contribution in [0.15, 0.2) is 54.2 Å². The van der Waals surface area contributed by atoms with Crippen LogP contribution in [0.25, 0.3) is 0 Å². The van der Waals surface area contributed by atoms with Gasteiger partial charge in [-0.2, -0.15) is 0 Å². The highest BCUT2D eigenvalue weighted by molar-refractivity contribution is 5.39. The first-order chi connectivity index (χ1) is 13.5. The maximum Gasteiger partial charge on any atom is 0.198 e. The van der Waals surface area contributed by atoms with E-state index in [1.807, 2.05) is 56.4 Å². The van der Waals surface area contributed by atoms with E-state index in [9.17, 15) is 5.11 Å². The monoisotopic (exact) mass is 388 g/mol. The molecule has 0 saturated carbocycles. The van der Waals surface area contributed by atoms with Crippen LogP contribution in [0.1, 0.15) is 38.3 Å². The third-order valence-corrected chi connectivity index (χ3v) is 4.88. The van der Waals surface area contributed by atoms with Crippen molar-refractivity contribution in [3.63, 3.8) is 0 Å². The van der Waals surface area contributed by atoms with Gasteiger partial charge in [0.05, 0.1) is 6.61 Å². The number of phenolic OH excluding ortho intramolecular Hbond substituents is 1. The standard InChI is InChI=1S/C23H32O5/c1-6-8-9-10-14-18-21(23(3,26-5)28-22(18)25-4)27-16-19-17(12-7-2)13-11-15-20(19)24/h6,8-11,13-15,21-22,24H,7,12,16H2,1-5H3/b8-6+,10-9+,18-14-/t21-,22+,23-/m0/s1. The molecule has 0 aliphatic carbocycles. The normalized spacial score (nSPS) is 26.8. The van der Waals surface area contributed by atoms with Gasteiger partial charge in [-0.25, -0.2) is 0 Å². The number of rotatable bonds is 9. The zero-order chi connectivity index (χ0) is 20.6. The van der Waals surface area contributed by atoms with Gasteiger partial charge in [0.15, 0.2) is 12.1 Å². The van der Waals surface area contributed by atoms with E-state index < -0.39 is 18.2 Å². The van der Waals surface area contributed by atoms with Crippen molar-refractivity contribution in [2.45, 2.75) is 58.4 Å². The van der Waals surface area contributed by atoms with E-state index in [-0.39, 0.29) is 12.4 Å². The second kappa shape index (κ2) is 10.6. The summed E-state index contributed by atoms with van der Waals surface area (Å²) in [6.07, 6.45) is 10.5. The van der Waals surface area contributed by atoms with Gasteiger partial charge in [0.25, 0.3) is 0 Å². The van der Waals surface area contributed by atoms with Crippen molar-refractivity contribution in [3.05, 3.63) is 65.3 Å². The van der Waals surface area contributed by atoms with Gasteiger partial charge < -0.3 is 24.1 Å². The van der Waals surface area contributed by atoms with Crippen molar-refractivity contribution in [1.82, 2.24) is 0 Å². The fraction of sp³-hybridized carbons (Fsp3) is 0.478. The van der Waals surface area contributed by atoms with Crippen LogP contribution in [0, 0.1) is 0 Å². The Morgan fingerprint density at radius 1 is 1.21 bits per heavy atom. The molecule has 1 aromatic carbocycles. The first-order valence-electron chi connectivity index (χ1n) is 9.67. The van der Waals surface area contributed by atoms with Crippen molar-refractivity contribution in [1.29, 1.82) is 0 Å². The van der Waals surface area contributed by atoms with Crippen molar-refractivity contribution >= 4 is 0 Å². The molecule has 1 saturated heterocycles. The minimum atomic E-state index is -0.990. The van der Waals surface area contributed by atoms with Crippen molar-refractivity contribution in [3.8, 4) is 5.75 Å². The van der Waals surface area contributed by atoms with Crippen LogP contribution >= 0.6 is 0 Å². The summed E-state index contributed by atoms with van der Waals surface area (Å²) in [6, 6.07) is 5.57. The van der Waals surface area contributed by atoms with E-state index in [1.165, 1.54) is 0 Å². The Morgan fingerprint density at radius 2 is 2.00 bits per heavy atom. The summed E-state index contributed by atoms with van der Waals surface area (Å²) in [7, 11) is 3.18. The van der Waals surface area contributed by atoms with Crippen LogP contribution in [-0.2, 0) is 32.0 Å². The fourth-order valence-electron chi connectivity index (χ4n) is 3.32. The predicted octanol–water partition coefficient (Wildman–Crippen LogP) is 4.65. The average Bonchev–Trinajstić information content (AvgIpc) is 2.97. The molecular weight excluding hydrogens is 356 g/mol. The highest BCUT2D eigenvalue weighted by Gasteiger charge is 2.50. The summed E-state index contributed by atoms with van der Waals surface area (Å²) >= 11 is 0. The maximum atomic E-state index is 10.3. The first-order valence-corrected chi connectivity index (χ1v) is 9.67. The summed E-state index contributed by atoms with van der Waals surface area (Å²) in [5.74, 6) is -0.748. The van der Waals surface area contributed by atoms with E-state index in [0.29, 0.717) is 0 Å². The van der Waals surface area contributed by atoms with Crippen LogP contribution in [0.4, 0.5) is 0 Å². The molecule has 1 aliphatic heterocycles. The van der Waals surface area contributed by atoms with Gasteiger partial charge in [-0.3, -0.25) is 0 Å². The SMILES string of the molecule is C/C=C/C=C/C=C1\[C@H](OC)O[C@](C)(OC)[C@H]1OCc1c(O)cccc1CCC. The van der Waals surface area contributed by atoms with Crippen LogP contribution in [-0.4, -0.2) is 37.5 Å². The fourth-order valence-corrected chi connectivity index (χ4v) is 3.32. The van der Waals surface area contributed by atoms with Crippen LogP contribution in [0.5, 0.6) is 5.75 Å². The van der Waals surface area contributed by atoms with Crippen LogP contribution in [0.3, 0.4) is 0 Å². The Labute approximate surface area is 168 Å². The third kappa shape index (κ3) is 5.11. The van der Waals surface area contributed by atoms with Gasteiger partial charge in [-0.15, -0.1) is 0 Å². The molecule has 28 heavy (non-hydrogen) atoms. The summed E-state index contributed by atoms with van der Waals surface area (Å²) in [4.78, 5) is 0. The van der Waals surface area contributed by atoms with Gasteiger partial charge in [0, 0.05) is 25.4 Å². The van der Waals surface area contributed by atoms with Crippen molar-refractivity contribution in [2.24, 2.45) is 0 Å². The van der Waals surface area contributed by atoms with E-state index in [2.05, 4.69) is 6.92 Å². The molecule has 0 unspecified atom stereocenters. The molecule has 0 radical (unpaired) electrons. The number of benzene rings is 1.